The molecular formula is C20H28Cl6N3O2Sb. The molecule has 0 saturated heterocycles. The van der Waals surface area contributed by atoms with E-state index in [1.807, 2.05) is 12.1 Å². The Morgan fingerprint density at radius 2 is 1.50 bits per heavy atom. The molecule has 0 amide bonds. The van der Waals surface area contributed by atoms with Gasteiger partial charge >= 0.3 is 62.1 Å². The molecule has 182 valence electrons. The van der Waals surface area contributed by atoms with Gasteiger partial charge in [0.25, 0.3) is 5.69 Å². The molecule has 0 spiro atoms. The van der Waals surface area contributed by atoms with Crippen molar-refractivity contribution in [2.24, 2.45) is 23.7 Å². The molecule has 32 heavy (non-hydrogen) atoms. The van der Waals surface area contributed by atoms with Crippen LogP contribution in [0.5, 0.6) is 0 Å². The summed E-state index contributed by atoms with van der Waals surface area (Å²) < 4.78 is 2.51. The Balaban J connectivity index is 0.000000360. The molecule has 0 radical (unpaired) electrons. The van der Waals surface area contributed by atoms with Crippen molar-refractivity contribution in [2.75, 3.05) is 5.01 Å². The van der Waals surface area contributed by atoms with E-state index >= 15 is 0 Å². The molecule has 5 nitrogen and oxygen atoms in total. The second-order valence-corrected chi connectivity index (χ2v) is 66.3. The quantitative estimate of drug-likeness (QED) is 0.141. The van der Waals surface area contributed by atoms with Gasteiger partial charge in [0.1, 0.15) is 6.04 Å². The van der Waals surface area contributed by atoms with Crippen LogP contribution in [0.25, 0.3) is 0 Å². The Kier molecular flexibility index (Phi) is 7.36. The summed E-state index contributed by atoms with van der Waals surface area (Å²) in [6.07, 6.45) is 4.04. The first-order valence-electron chi connectivity index (χ1n) is 10.6. The molecule has 4 atom stereocenters. The summed E-state index contributed by atoms with van der Waals surface area (Å²) in [6, 6.07) is 8.06. The maximum atomic E-state index is 11.0. The third-order valence-corrected chi connectivity index (χ3v) is 6.40. The zero-order chi connectivity index (χ0) is 24.3. The van der Waals surface area contributed by atoms with Crippen molar-refractivity contribution in [3.05, 3.63) is 34.4 Å². The van der Waals surface area contributed by atoms with Gasteiger partial charge in [-0.2, -0.15) is 0 Å². The van der Waals surface area contributed by atoms with Crippen LogP contribution in [0, 0.1) is 33.8 Å². The van der Waals surface area contributed by atoms with E-state index in [2.05, 4.69) is 37.4 Å². The van der Waals surface area contributed by atoms with E-state index in [1.54, 1.807) is 17.8 Å². The van der Waals surface area contributed by atoms with Crippen molar-refractivity contribution in [1.82, 2.24) is 0 Å². The van der Waals surface area contributed by atoms with E-state index in [0.717, 1.165) is 17.5 Å². The Labute approximate surface area is 209 Å². The van der Waals surface area contributed by atoms with Crippen LogP contribution >= 0.6 is 53.0 Å². The van der Waals surface area contributed by atoms with Crippen LogP contribution in [0.4, 0.5) is 11.4 Å². The molecule has 1 aromatic rings. The number of fused-ring (bicyclic) bond motifs is 5. The fourth-order valence-corrected chi connectivity index (χ4v) is 5.67. The fourth-order valence-electron chi connectivity index (χ4n) is 5.67. The van der Waals surface area contributed by atoms with Crippen molar-refractivity contribution < 1.29 is 9.61 Å². The topological polar surface area (TPSA) is 49.4 Å². The van der Waals surface area contributed by atoms with Crippen LogP contribution in [0.2, 0.25) is 0 Å². The maximum absolute atomic E-state index is 11.0. The predicted molar refractivity (Wildman–Crippen MR) is 140 cm³/mol. The van der Waals surface area contributed by atoms with E-state index in [-0.39, 0.29) is 10.6 Å². The standard InChI is InChI=1S/C20H28N3O2.6ClH.Sb/c1-12(2)19-18-14-5-6-15(11-14)20(18)22(21(19)13(3)4)16-7-9-17(10-8-16)23(24)25;;;;;;;/h7-10,12-15,18,20H,5-6,11H2,1-4H3;6*1H;/q+1;;;;;;;+5/p-6/t14-,15+,18-,20-;;;;;;;/m1......./s1. The van der Waals surface area contributed by atoms with Gasteiger partial charge in [-0.3, -0.25) is 10.1 Å². The van der Waals surface area contributed by atoms with Gasteiger partial charge in [0, 0.05) is 18.1 Å². The average molecular weight is 677 g/mol. The number of hydrogen-bond acceptors (Lipinski definition) is 3. The number of hydrazone groups is 1. The molecule has 0 aromatic heterocycles. The van der Waals surface area contributed by atoms with E-state index in [1.165, 1.54) is 19.3 Å². The number of nitrogens with zero attached hydrogens (tertiary/aromatic N) is 3. The molecule has 2 bridgehead atoms. The van der Waals surface area contributed by atoms with Gasteiger partial charge in [-0.05, 0) is 57.1 Å². The summed E-state index contributed by atoms with van der Waals surface area (Å²) in [7, 11) is 25.0. The second-order valence-electron chi connectivity index (χ2n) is 9.44. The summed E-state index contributed by atoms with van der Waals surface area (Å²) >= 11 is 0. The van der Waals surface area contributed by atoms with Crippen LogP contribution in [0.3, 0.4) is 0 Å². The number of non-ortho nitro benzene ring substituents is 1. The molecule has 3 aliphatic rings. The molecule has 1 aliphatic heterocycles. The molecule has 2 saturated carbocycles. The molecule has 1 heterocycles. The predicted octanol–water partition coefficient (Wildman–Crippen LogP) is 8.02. The summed E-state index contributed by atoms with van der Waals surface area (Å²) in [5.41, 5.74) is 2.83. The summed E-state index contributed by atoms with van der Waals surface area (Å²) in [6.45, 7) is 9.13. The third kappa shape index (κ3) is 6.65. The van der Waals surface area contributed by atoms with Crippen LogP contribution in [0.15, 0.2) is 24.3 Å². The number of hydrazine groups is 1. The molecule has 2 aliphatic carbocycles. The average Bonchev–Trinajstić information content (AvgIpc) is 3.29. The molecule has 0 N–H and O–H groups in total. The zero-order valence-electron chi connectivity index (χ0n) is 18.3. The first-order chi connectivity index (χ1) is 14.3. The van der Waals surface area contributed by atoms with Crippen molar-refractivity contribution in [3.63, 3.8) is 0 Å². The van der Waals surface area contributed by atoms with Gasteiger partial charge in [-0.15, -0.1) is 9.69 Å². The molecule has 0 unspecified atom stereocenters. The van der Waals surface area contributed by atoms with Gasteiger partial charge in [0.15, 0.2) is 11.8 Å². The first-order valence-corrected chi connectivity index (χ1v) is 30.0. The van der Waals surface area contributed by atoms with Gasteiger partial charge in [0.05, 0.1) is 16.5 Å². The van der Waals surface area contributed by atoms with Crippen molar-refractivity contribution in [3.8, 4) is 0 Å². The molecule has 4 rings (SSSR count). The molecule has 1 aromatic carbocycles. The Morgan fingerprint density at radius 1 is 1.00 bits per heavy atom. The van der Waals surface area contributed by atoms with E-state index in [4.69, 9.17) is 53.0 Å². The fraction of sp³-hybridized carbons (Fsp3) is 0.650. The van der Waals surface area contributed by atoms with Crippen LogP contribution in [0.1, 0.15) is 47.0 Å². The Morgan fingerprint density at radius 3 is 1.94 bits per heavy atom. The first kappa shape index (κ1) is 27.2. The van der Waals surface area contributed by atoms with Crippen LogP contribution in [-0.2, 0) is 0 Å². The molecule has 2 fully saturated rings. The summed E-state index contributed by atoms with van der Waals surface area (Å²) in [4.78, 5) is 10.7. The van der Waals surface area contributed by atoms with Gasteiger partial charge in [-0.1, -0.05) is 13.8 Å². The Hall–Kier alpha value is 0.648. The molecular weight excluding hydrogens is 649 g/mol. The van der Waals surface area contributed by atoms with Crippen molar-refractivity contribution in [1.29, 1.82) is 0 Å². The Bertz CT molecular complexity index is 920. The monoisotopic (exact) mass is 673 g/mol. The zero-order valence-corrected chi connectivity index (χ0v) is 25.4. The van der Waals surface area contributed by atoms with Gasteiger partial charge < -0.3 is 0 Å². The summed E-state index contributed by atoms with van der Waals surface area (Å²) in [5.74, 6) is 2.74. The van der Waals surface area contributed by atoms with Gasteiger partial charge in [0.2, 0.25) is 0 Å². The number of benzene rings is 1. The second kappa shape index (κ2) is 8.64. The van der Waals surface area contributed by atoms with E-state index in [9.17, 15) is 10.1 Å². The number of hydrogen-bond donors (Lipinski definition) is 0. The van der Waals surface area contributed by atoms with Crippen LogP contribution < -0.4 is 5.01 Å². The minimum absolute atomic E-state index is 0.164. The van der Waals surface area contributed by atoms with Crippen molar-refractivity contribution >= 4 is 79.2 Å². The number of nitro groups is 1. The van der Waals surface area contributed by atoms with Crippen molar-refractivity contribution in [2.45, 2.75) is 59.0 Å². The number of nitro benzene ring substituents is 1. The van der Waals surface area contributed by atoms with Gasteiger partial charge in [-0.25, -0.2) is 0 Å². The summed E-state index contributed by atoms with van der Waals surface area (Å²) in [5, 5.41) is 13.5. The van der Waals surface area contributed by atoms with E-state index in [0.29, 0.717) is 23.9 Å². The number of halogens is 6. The SMILES string of the molecule is CC(C)C1=[N+](C(C)C)N(c2ccc([N+](=O)[O-])cc2)[C@@H]2[C@H]3CC[C@H](C3)[C@H]12.[Cl][Sb-]([Cl])([Cl])([Cl])([Cl])[Cl]. The third-order valence-electron chi connectivity index (χ3n) is 6.40. The normalized spacial score (nSPS) is 29.1. The van der Waals surface area contributed by atoms with E-state index < -0.39 is 9.14 Å². The molecule has 12 heteroatoms. The number of anilines is 1. The minimum atomic E-state index is -5.42. The van der Waals surface area contributed by atoms with Crippen LogP contribution in [-0.4, -0.2) is 36.5 Å². The number of rotatable bonds is 4.